The molecule has 0 bridgehead atoms. The zero-order chi connectivity index (χ0) is 11.2. The van der Waals surface area contributed by atoms with Crippen LogP contribution < -0.4 is 11.2 Å². The summed E-state index contributed by atoms with van der Waals surface area (Å²) in [6.07, 6.45) is 0. The smallest absolute Gasteiger partial charge is 0.296 e. The molecule has 2 rings (SSSR count). The van der Waals surface area contributed by atoms with Crippen LogP contribution in [0.15, 0.2) is 27.8 Å². The number of aromatic nitrogens is 2. The highest BCUT2D eigenvalue weighted by Gasteiger charge is 2.07. The Bertz CT molecular complexity index is 650. The van der Waals surface area contributed by atoms with Crippen LogP contribution in [0.3, 0.4) is 0 Å². The Hall–Kier alpha value is -1.84. The van der Waals surface area contributed by atoms with Gasteiger partial charge in [-0.15, -0.1) is 0 Å². The van der Waals surface area contributed by atoms with E-state index in [2.05, 4.69) is 0 Å². The molecule has 0 amide bonds. The number of hydrogen-bond donors (Lipinski definition) is 0. The molecule has 1 aromatic heterocycles. The summed E-state index contributed by atoms with van der Waals surface area (Å²) in [4.78, 5) is 23.4. The molecule has 0 unspecified atom stereocenters. The van der Waals surface area contributed by atoms with E-state index >= 15 is 0 Å². The topological polar surface area (TPSA) is 44.0 Å². The molecule has 0 spiro atoms. The largest absolute Gasteiger partial charge is 0.330 e. The lowest BCUT2D eigenvalue weighted by atomic mass is 10.2. The van der Waals surface area contributed by atoms with Crippen molar-refractivity contribution in [1.82, 2.24) is 9.13 Å². The fourth-order valence-corrected chi connectivity index (χ4v) is 1.70. The van der Waals surface area contributed by atoms with Crippen LogP contribution in [0.2, 0.25) is 0 Å². The van der Waals surface area contributed by atoms with Gasteiger partial charge in [-0.05, 0) is 24.6 Å². The number of hydrogen-bond acceptors (Lipinski definition) is 2. The van der Waals surface area contributed by atoms with Crippen LogP contribution >= 0.6 is 0 Å². The van der Waals surface area contributed by atoms with Crippen LogP contribution in [-0.2, 0) is 14.1 Å². The van der Waals surface area contributed by atoms with Crippen LogP contribution in [0.5, 0.6) is 0 Å². The van der Waals surface area contributed by atoms with Crippen molar-refractivity contribution in [2.45, 2.75) is 6.92 Å². The van der Waals surface area contributed by atoms with E-state index in [0.29, 0.717) is 10.9 Å². The van der Waals surface area contributed by atoms with Crippen LogP contribution in [0.25, 0.3) is 10.9 Å². The Morgan fingerprint density at radius 3 is 2.40 bits per heavy atom. The average Bonchev–Trinajstić information content (AvgIpc) is 2.23. The van der Waals surface area contributed by atoms with Crippen molar-refractivity contribution < 1.29 is 0 Å². The Kier molecular flexibility index (Phi) is 2.00. The van der Waals surface area contributed by atoms with Crippen molar-refractivity contribution in [3.63, 3.8) is 0 Å². The van der Waals surface area contributed by atoms with Crippen molar-refractivity contribution in [3.8, 4) is 0 Å². The molecule has 0 aliphatic heterocycles. The van der Waals surface area contributed by atoms with Crippen LogP contribution in [0.1, 0.15) is 5.56 Å². The van der Waals surface area contributed by atoms with E-state index < -0.39 is 0 Å². The minimum absolute atomic E-state index is 0.242. The minimum atomic E-state index is -0.293. The first-order valence-corrected chi connectivity index (χ1v) is 4.69. The highest BCUT2D eigenvalue weighted by Crippen LogP contribution is 2.09. The fraction of sp³-hybridized carbons (Fsp3) is 0.273. The lowest BCUT2D eigenvalue weighted by molar-refractivity contribution is 0.713. The lowest BCUT2D eigenvalue weighted by Crippen LogP contribution is -2.36. The van der Waals surface area contributed by atoms with E-state index in [1.165, 1.54) is 11.6 Å². The molecular weight excluding hydrogens is 192 g/mol. The molecule has 0 aliphatic carbocycles. The van der Waals surface area contributed by atoms with E-state index in [9.17, 15) is 9.59 Å². The zero-order valence-corrected chi connectivity index (χ0v) is 8.94. The van der Waals surface area contributed by atoms with Crippen LogP contribution in [0, 0.1) is 6.92 Å². The fourth-order valence-electron chi connectivity index (χ4n) is 1.70. The minimum Gasteiger partial charge on any atom is -0.296 e. The number of nitrogens with zero attached hydrogens (tertiary/aromatic N) is 2. The van der Waals surface area contributed by atoms with Gasteiger partial charge in [-0.25, -0.2) is 4.79 Å². The predicted octanol–water partition coefficient (Wildman–Crippen LogP) is 0.546. The number of aryl methyl sites for hydroxylation is 2. The monoisotopic (exact) mass is 204 g/mol. The quantitative estimate of drug-likeness (QED) is 0.629. The Balaban J connectivity index is 3.15. The third-order valence-corrected chi connectivity index (χ3v) is 2.62. The molecule has 0 radical (unpaired) electrons. The molecule has 78 valence electrons. The number of fused-ring (bicyclic) bond motifs is 1. The summed E-state index contributed by atoms with van der Waals surface area (Å²) < 4.78 is 2.61. The maximum atomic E-state index is 11.8. The van der Waals surface area contributed by atoms with Gasteiger partial charge in [0, 0.05) is 14.1 Å². The molecule has 1 aromatic carbocycles. The molecule has 0 aliphatic rings. The first-order chi connectivity index (χ1) is 7.02. The van der Waals surface area contributed by atoms with Gasteiger partial charge in [-0.1, -0.05) is 6.07 Å². The van der Waals surface area contributed by atoms with Gasteiger partial charge >= 0.3 is 5.69 Å². The first kappa shape index (κ1) is 9.71. The lowest BCUT2D eigenvalue weighted by Gasteiger charge is -2.07. The highest BCUT2D eigenvalue weighted by atomic mass is 16.2. The summed E-state index contributed by atoms with van der Waals surface area (Å²) in [5, 5.41) is 0.574. The highest BCUT2D eigenvalue weighted by molar-refractivity contribution is 5.78. The number of benzene rings is 1. The van der Waals surface area contributed by atoms with E-state index in [1.54, 1.807) is 13.1 Å². The van der Waals surface area contributed by atoms with Crippen LogP contribution in [0.4, 0.5) is 0 Å². The second kappa shape index (κ2) is 3.08. The van der Waals surface area contributed by atoms with Gasteiger partial charge in [0.1, 0.15) is 0 Å². The Morgan fingerprint density at radius 2 is 1.73 bits per heavy atom. The van der Waals surface area contributed by atoms with Crippen molar-refractivity contribution in [1.29, 1.82) is 0 Å². The summed E-state index contributed by atoms with van der Waals surface area (Å²) in [6, 6.07) is 5.47. The molecule has 4 nitrogen and oxygen atoms in total. The molecule has 0 atom stereocenters. The van der Waals surface area contributed by atoms with E-state index in [4.69, 9.17) is 0 Å². The molecule has 2 aromatic rings. The second-order valence-electron chi connectivity index (χ2n) is 3.73. The zero-order valence-electron chi connectivity index (χ0n) is 8.94. The Morgan fingerprint density at radius 1 is 1.07 bits per heavy atom. The summed E-state index contributed by atoms with van der Waals surface area (Å²) in [5.74, 6) is 0. The molecule has 0 fully saturated rings. The summed E-state index contributed by atoms with van der Waals surface area (Å²) >= 11 is 0. The van der Waals surface area contributed by atoms with Crippen LogP contribution in [-0.4, -0.2) is 9.13 Å². The van der Waals surface area contributed by atoms with Gasteiger partial charge in [0.25, 0.3) is 5.56 Å². The maximum absolute atomic E-state index is 11.8. The second-order valence-corrected chi connectivity index (χ2v) is 3.73. The standard InChI is InChI=1S/C11H12N2O2/c1-7-4-5-8-9(6-7)12(2)11(15)13(3)10(8)14/h4-6H,1-3H3. The van der Waals surface area contributed by atoms with Gasteiger partial charge in [-0.2, -0.15) is 0 Å². The molecule has 15 heavy (non-hydrogen) atoms. The molecular formula is C11H12N2O2. The Labute approximate surface area is 86.4 Å². The summed E-state index contributed by atoms with van der Waals surface area (Å²) in [7, 11) is 3.16. The van der Waals surface area contributed by atoms with Crippen molar-refractivity contribution >= 4 is 10.9 Å². The first-order valence-electron chi connectivity index (χ1n) is 4.69. The van der Waals surface area contributed by atoms with E-state index in [1.807, 2.05) is 19.1 Å². The summed E-state index contributed by atoms with van der Waals surface area (Å²) in [6.45, 7) is 1.93. The maximum Gasteiger partial charge on any atom is 0.330 e. The molecule has 1 heterocycles. The van der Waals surface area contributed by atoms with Crippen molar-refractivity contribution in [2.75, 3.05) is 0 Å². The van der Waals surface area contributed by atoms with Gasteiger partial charge in [0.15, 0.2) is 0 Å². The normalized spacial score (nSPS) is 10.9. The molecule has 0 saturated heterocycles. The van der Waals surface area contributed by atoms with Gasteiger partial charge in [0.05, 0.1) is 10.9 Å². The van der Waals surface area contributed by atoms with Crippen molar-refractivity contribution in [3.05, 3.63) is 44.6 Å². The molecule has 0 N–H and O–H groups in total. The van der Waals surface area contributed by atoms with Crippen molar-refractivity contribution in [2.24, 2.45) is 14.1 Å². The van der Waals surface area contributed by atoms with Gasteiger partial charge in [-0.3, -0.25) is 13.9 Å². The van der Waals surface area contributed by atoms with E-state index in [0.717, 1.165) is 10.1 Å². The van der Waals surface area contributed by atoms with Gasteiger partial charge < -0.3 is 0 Å². The summed E-state index contributed by atoms with van der Waals surface area (Å²) in [5.41, 5.74) is 1.18. The third-order valence-electron chi connectivity index (χ3n) is 2.62. The third kappa shape index (κ3) is 1.29. The predicted molar refractivity (Wildman–Crippen MR) is 59.2 cm³/mol. The average molecular weight is 204 g/mol. The van der Waals surface area contributed by atoms with E-state index in [-0.39, 0.29) is 11.2 Å². The SMILES string of the molecule is Cc1ccc2c(=O)n(C)c(=O)n(C)c2c1. The molecule has 4 heteroatoms. The number of rotatable bonds is 0. The van der Waals surface area contributed by atoms with Gasteiger partial charge in [0.2, 0.25) is 0 Å². The molecule has 0 saturated carbocycles.